The lowest BCUT2D eigenvalue weighted by atomic mass is 9.79. The lowest BCUT2D eigenvalue weighted by Crippen LogP contribution is -2.37. The summed E-state index contributed by atoms with van der Waals surface area (Å²) in [7, 11) is 1.66. The van der Waals surface area contributed by atoms with Gasteiger partial charge < -0.3 is 18.9 Å². The van der Waals surface area contributed by atoms with Gasteiger partial charge in [-0.1, -0.05) is 5.16 Å². The van der Waals surface area contributed by atoms with E-state index in [1.807, 2.05) is 11.0 Å². The molecule has 7 heteroatoms. The molecule has 2 aliphatic rings. The molecule has 0 radical (unpaired) electrons. The van der Waals surface area contributed by atoms with Gasteiger partial charge in [0.25, 0.3) is 5.89 Å². The first kappa shape index (κ1) is 15.5. The summed E-state index contributed by atoms with van der Waals surface area (Å²) in [5.41, 5.74) is 0.719. The fourth-order valence-electron chi connectivity index (χ4n) is 3.24. The number of nitrogens with zero attached hydrogens (tertiary/aromatic N) is 3. The number of halogens is 1. The molecule has 4 rings (SSSR count). The lowest BCUT2D eigenvalue weighted by molar-refractivity contribution is -0.0858. The number of rotatable bonds is 4. The Bertz CT molecular complexity index is 718. The van der Waals surface area contributed by atoms with Crippen molar-refractivity contribution in [1.29, 1.82) is 0 Å². The highest BCUT2D eigenvalue weighted by Crippen LogP contribution is 2.43. The third-order valence-electron chi connectivity index (χ3n) is 4.93. The molecule has 2 fully saturated rings. The van der Waals surface area contributed by atoms with Gasteiger partial charge in [-0.15, -0.1) is 0 Å². The molecule has 1 aromatic carbocycles. The van der Waals surface area contributed by atoms with Crippen LogP contribution in [0.1, 0.15) is 25.1 Å². The smallest absolute Gasteiger partial charge is 0.258 e. The third-order valence-corrected chi connectivity index (χ3v) is 4.93. The molecule has 0 amide bonds. The number of aromatic nitrogens is 2. The minimum absolute atomic E-state index is 0.292. The zero-order valence-electron chi connectivity index (χ0n) is 13.6. The predicted molar refractivity (Wildman–Crippen MR) is 85.3 cm³/mol. The average Bonchev–Trinajstić information content (AvgIpc) is 3.05. The minimum Gasteiger partial charge on any atom is -0.378 e. The van der Waals surface area contributed by atoms with Crippen molar-refractivity contribution in [3.05, 3.63) is 29.8 Å². The Hall–Kier alpha value is -1.99. The van der Waals surface area contributed by atoms with Crippen molar-refractivity contribution in [2.24, 2.45) is 0 Å². The number of methoxy groups -OCH3 is 1. The van der Waals surface area contributed by atoms with Gasteiger partial charge in [0.2, 0.25) is 5.82 Å². The average molecular weight is 333 g/mol. The summed E-state index contributed by atoms with van der Waals surface area (Å²) in [6.45, 7) is 2.62. The van der Waals surface area contributed by atoms with Crippen molar-refractivity contribution in [3.8, 4) is 11.5 Å². The van der Waals surface area contributed by atoms with Gasteiger partial charge in [-0.05, 0) is 37.5 Å². The van der Waals surface area contributed by atoms with Gasteiger partial charge in [-0.25, -0.2) is 4.39 Å². The highest BCUT2D eigenvalue weighted by Gasteiger charge is 2.43. The Morgan fingerprint density at radius 1 is 1.25 bits per heavy atom. The highest BCUT2D eigenvalue weighted by molar-refractivity contribution is 5.60. The van der Waals surface area contributed by atoms with Gasteiger partial charge in [0, 0.05) is 25.8 Å². The van der Waals surface area contributed by atoms with Crippen molar-refractivity contribution in [2.75, 3.05) is 38.3 Å². The zero-order valence-corrected chi connectivity index (χ0v) is 13.6. The van der Waals surface area contributed by atoms with Crippen molar-refractivity contribution in [3.63, 3.8) is 0 Å². The molecule has 0 unspecified atom stereocenters. The minimum atomic E-state index is -0.436. The van der Waals surface area contributed by atoms with Crippen molar-refractivity contribution >= 4 is 5.69 Å². The van der Waals surface area contributed by atoms with Crippen LogP contribution in [0.15, 0.2) is 22.7 Å². The van der Waals surface area contributed by atoms with Crippen LogP contribution in [-0.4, -0.2) is 43.6 Å². The van der Waals surface area contributed by atoms with Gasteiger partial charge in [0.1, 0.15) is 11.4 Å². The number of hydrogen-bond donors (Lipinski definition) is 0. The second-order valence-corrected chi connectivity index (χ2v) is 6.24. The molecule has 128 valence electrons. The van der Waals surface area contributed by atoms with E-state index in [0.717, 1.165) is 19.3 Å². The summed E-state index contributed by atoms with van der Waals surface area (Å²) in [5, 5.41) is 4.04. The summed E-state index contributed by atoms with van der Waals surface area (Å²) >= 11 is 0. The predicted octanol–water partition coefficient (Wildman–Crippen LogP) is 2.74. The fourth-order valence-corrected chi connectivity index (χ4v) is 3.24. The maximum absolute atomic E-state index is 14.5. The van der Waals surface area contributed by atoms with E-state index in [-0.39, 0.29) is 5.82 Å². The van der Waals surface area contributed by atoms with Crippen molar-refractivity contribution < 1.29 is 18.4 Å². The Kier molecular flexibility index (Phi) is 3.97. The van der Waals surface area contributed by atoms with Gasteiger partial charge in [0.15, 0.2) is 0 Å². The van der Waals surface area contributed by atoms with E-state index in [2.05, 4.69) is 10.1 Å². The van der Waals surface area contributed by atoms with Crippen LogP contribution < -0.4 is 4.90 Å². The van der Waals surface area contributed by atoms with E-state index < -0.39 is 5.60 Å². The number of morpholine rings is 1. The second-order valence-electron chi connectivity index (χ2n) is 6.24. The van der Waals surface area contributed by atoms with Crippen LogP contribution in [0.25, 0.3) is 11.5 Å². The maximum Gasteiger partial charge on any atom is 0.258 e. The molecule has 0 bridgehead atoms. The Morgan fingerprint density at radius 3 is 2.67 bits per heavy atom. The first-order chi connectivity index (χ1) is 11.7. The van der Waals surface area contributed by atoms with E-state index in [0.29, 0.717) is 49.3 Å². The van der Waals surface area contributed by atoms with Crippen molar-refractivity contribution in [2.45, 2.75) is 24.9 Å². The maximum atomic E-state index is 14.5. The number of hydrogen-bond acceptors (Lipinski definition) is 6. The Morgan fingerprint density at radius 2 is 2.04 bits per heavy atom. The van der Waals surface area contributed by atoms with E-state index in [9.17, 15) is 4.39 Å². The van der Waals surface area contributed by atoms with Crippen LogP contribution in [0.2, 0.25) is 0 Å². The van der Waals surface area contributed by atoms with E-state index in [1.54, 1.807) is 13.2 Å². The van der Waals surface area contributed by atoms with Crippen LogP contribution in [0.4, 0.5) is 10.1 Å². The first-order valence-electron chi connectivity index (χ1n) is 8.24. The summed E-state index contributed by atoms with van der Waals surface area (Å²) in [4.78, 5) is 6.41. The molecule has 1 aliphatic heterocycles. The largest absolute Gasteiger partial charge is 0.378 e. The zero-order chi connectivity index (χ0) is 16.6. The molecule has 2 heterocycles. The summed E-state index contributed by atoms with van der Waals surface area (Å²) in [5.74, 6) is 0.573. The fraction of sp³-hybridized carbons (Fsp3) is 0.529. The normalized spacial score (nSPS) is 20.0. The monoisotopic (exact) mass is 333 g/mol. The van der Waals surface area contributed by atoms with Crippen LogP contribution >= 0.6 is 0 Å². The van der Waals surface area contributed by atoms with Crippen LogP contribution in [0, 0.1) is 5.82 Å². The topological polar surface area (TPSA) is 60.6 Å². The van der Waals surface area contributed by atoms with E-state index in [1.165, 1.54) is 6.07 Å². The highest BCUT2D eigenvalue weighted by atomic mass is 19.1. The molecule has 1 aliphatic carbocycles. The Labute approximate surface area is 139 Å². The summed E-state index contributed by atoms with van der Waals surface area (Å²) in [6.07, 6.45) is 2.85. The van der Waals surface area contributed by atoms with Crippen LogP contribution in [-0.2, 0) is 15.1 Å². The Balaban J connectivity index is 1.58. The molecule has 0 spiro atoms. The molecule has 0 atom stereocenters. The van der Waals surface area contributed by atoms with Gasteiger partial charge in [-0.2, -0.15) is 4.98 Å². The third kappa shape index (κ3) is 2.57. The van der Waals surface area contributed by atoms with Crippen molar-refractivity contribution in [1.82, 2.24) is 10.1 Å². The number of benzene rings is 1. The lowest BCUT2D eigenvalue weighted by Gasteiger charge is -2.37. The standard InChI is InChI=1S/C17H20FN3O3/c1-22-17(5-2-6-17)16-19-15(24-20-16)12-3-4-14(13(18)11-12)21-7-9-23-10-8-21/h3-4,11H,2,5-10H2,1H3. The summed E-state index contributed by atoms with van der Waals surface area (Å²) < 4.78 is 30.7. The van der Waals surface area contributed by atoms with Gasteiger partial charge in [0.05, 0.1) is 18.9 Å². The van der Waals surface area contributed by atoms with E-state index >= 15 is 0 Å². The molecule has 2 aromatic rings. The van der Waals surface area contributed by atoms with Crippen LogP contribution in [0.3, 0.4) is 0 Å². The molecule has 1 saturated carbocycles. The first-order valence-corrected chi connectivity index (χ1v) is 8.24. The quantitative estimate of drug-likeness (QED) is 0.857. The van der Waals surface area contributed by atoms with Crippen LogP contribution in [0.5, 0.6) is 0 Å². The molecule has 6 nitrogen and oxygen atoms in total. The van der Waals surface area contributed by atoms with Gasteiger partial charge in [-0.3, -0.25) is 0 Å². The van der Waals surface area contributed by atoms with Gasteiger partial charge >= 0.3 is 0 Å². The van der Waals surface area contributed by atoms with E-state index in [4.69, 9.17) is 14.0 Å². The second kappa shape index (κ2) is 6.14. The number of ether oxygens (including phenoxy) is 2. The molecular formula is C17H20FN3O3. The SMILES string of the molecule is COC1(c2noc(-c3ccc(N4CCOCC4)c(F)c3)n2)CCC1. The molecular weight excluding hydrogens is 313 g/mol. The molecule has 1 saturated heterocycles. The summed E-state index contributed by atoms with van der Waals surface area (Å²) in [6, 6.07) is 5.02. The molecule has 1 aromatic heterocycles. The molecule has 24 heavy (non-hydrogen) atoms. The number of anilines is 1. The molecule has 0 N–H and O–H groups in total.